The van der Waals surface area contributed by atoms with Crippen LogP contribution in [0.2, 0.25) is 0 Å². The van der Waals surface area contributed by atoms with Gasteiger partial charge in [0.2, 0.25) is 0 Å². The molecule has 0 aliphatic carbocycles. The van der Waals surface area contributed by atoms with Crippen molar-refractivity contribution in [2.75, 3.05) is 30.9 Å². The molecule has 0 spiro atoms. The van der Waals surface area contributed by atoms with Gasteiger partial charge in [-0.3, -0.25) is 4.57 Å². The fourth-order valence-electron chi connectivity index (χ4n) is 2.05. The molecule has 26 heavy (non-hydrogen) atoms. The van der Waals surface area contributed by atoms with Crippen LogP contribution in [0.25, 0.3) is 0 Å². The number of aromatic nitrogens is 2. The number of thioether (sulfide) groups is 1. The minimum Gasteiger partial charge on any atom is -0.480 e. The SMILES string of the molecule is C=C(Nc1nc(=O)n([C@@H]2CS[C@H](COC(=O)OCC)O2)cc1F)OCC. The van der Waals surface area contributed by atoms with Crippen LogP contribution in [0.5, 0.6) is 0 Å². The molecule has 1 aliphatic rings. The number of carbonyl (C=O) groups excluding carboxylic acids is 1. The maximum atomic E-state index is 14.2. The van der Waals surface area contributed by atoms with Crippen LogP contribution in [0, 0.1) is 5.82 Å². The number of carbonyl (C=O) groups is 1. The quantitative estimate of drug-likeness (QED) is 0.529. The summed E-state index contributed by atoms with van der Waals surface area (Å²) in [5, 5.41) is 2.49. The summed E-state index contributed by atoms with van der Waals surface area (Å²) >= 11 is 1.33. The highest BCUT2D eigenvalue weighted by Crippen LogP contribution is 2.31. The number of anilines is 1. The van der Waals surface area contributed by atoms with E-state index in [-0.39, 0.29) is 24.9 Å². The first-order valence-corrected chi connectivity index (χ1v) is 8.93. The highest BCUT2D eigenvalue weighted by Gasteiger charge is 2.30. The van der Waals surface area contributed by atoms with Crippen LogP contribution in [-0.4, -0.2) is 46.7 Å². The van der Waals surface area contributed by atoms with Gasteiger partial charge in [0.1, 0.15) is 18.3 Å². The van der Waals surface area contributed by atoms with Crippen molar-refractivity contribution >= 4 is 23.7 Å². The highest BCUT2D eigenvalue weighted by atomic mass is 32.2. The van der Waals surface area contributed by atoms with Gasteiger partial charge in [0.15, 0.2) is 17.5 Å². The molecule has 2 atom stereocenters. The van der Waals surface area contributed by atoms with Crippen LogP contribution in [0.4, 0.5) is 15.0 Å². The van der Waals surface area contributed by atoms with Gasteiger partial charge in [0, 0.05) is 5.75 Å². The molecule has 1 aromatic rings. The van der Waals surface area contributed by atoms with E-state index >= 15 is 0 Å². The third kappa shape index (κ3) is 5.36. The molecule has 9 nitrogen and oxygen atoms in total. The molecule has 0 bridgehead atoms. The maximum absolute atomic E-state index is 14.2. The zero-order valence-corrected chi connectivity index (χ0v) is 15.2. The van der Waals surface area contributed by atoms with E-state index in [1.165, 1.54) is 11.8 Å². The molecule has 11 heteroatoms. The average Bonchev–Trinajstić information content (AvgIpc) is 3.05. The number of hydrogen-bond acceptors (Lipinski definition) is 9. The van der Waals surface area contributed by atoms with Crippen molar-refractivity contribution in [1.29, 1.82) is 0 Å². The Bertz CT molecular complexity index is 713. The van der Waals surface area contributed by atoms with E-state index in [1.54, 1.807) is 13.8 Å². The molecule has 2 rings (SSSR count). The number of nitrogens with zero attached hydrogens (tertiary/aromatic N) is 2. The van der Waals surface area contributed by atoms with Crippen molar-refractivity contribution in [2.24, 2.45) is 0 Å². The summed E-state index contributed by atoms with van der Waals surface area (Å²) in [4.78, 5) is 27.0. The molecule has 0 radical (unpaired) electrons. The van der Waals surface area contributed by atoms with Crippen LogP contribution in [-0.2, 0) is 18.9 Å². The summed E-state index contributed by atoms with van der Waals surface area (Å²) in [7, 11) is 0. The van der Waals surface area contributed by atoms with Crippen LogP contribution >= 0.6 is 11.8 Å². The predicted molar refractivity (Wildman–Crippen MR) is 92.2 cm³/mol. The van der Waals surface area contributed by atoms with Crippen LogP contribution < -0.4 is 11.0 Å². The highest BCUT2D eigenvalue weighted by molar-refractivity contribution is 8.00. The molecule has 0 unspecified atom stereocenters. The Labute approximate surface area is 153 Å². The number of hydrogen-bond donors (Lipinski definition) is 1. The molecule has 1 aromatic heterocycles. The van der Waals surface area contributed by atoms with E-state index in [0.29, 0.717) is 12.4 Å². The first-order valence-electron chi connectivity index (χ1n) is 7.88. The lowest BCUT2D eigenvalue weighted by atomic mass is 10.5. The Kier molecular flexibility index (Phi) is 7.27. The van der Waals surface area contributed by atoms with Crippen LogP contribution in [0.15, 0.2) is 23.5 Å². The maximum Gasteiger partial charge on any atom is 0.508 e. The van der Waals surface area contributed by atoms with Gasteiger partial charge in [-0.25, -0.2) is 14.0 Å². The van der Waals surface area contributed by atoms with E-state index in [9.17, 15) is 14.0 Å². The molecule has 1 saturated heterocycles. The van der Waals surface area contributed by atoms with E-state index in [1.807, 2.05) is 0 Å². The number of ether oxygens (including phenoxy) is 4. The summed E-state index contributed by atoms with van der Waals surface area (Å²) < 4.78 is 35.4. The standard InChI is InChI=1S/C15H20FN3O6S/c1-4-22-9(3)17-13-10(16)6-19(14(20)18-13)11-8-26-12(25-11)7-24-15(21)23-5-2/h6,11-12H,3-5,7-8H2,1-2H3,(H,17,18,20)/t11-,12+/m0/s1. The largest absolute Gasteiger partial charge is 0.508 e. The molecule has 0 amide bonds. The molecule has 1 aliphatic heterocycles. The summed E-state index contributed by atoms with van der Waals surface area (Å²) in [6, 6.07) is 0. The van der Waals surface area contributed by atoms with Gasteiger partial charge in [0.25, 0.3) is 0 Å². The van der Waals surface area contributed by atoms with Crippen molar-refractivity contribution < 1.29 is 28.1 Å². The van der Waals surface area contributed by atoms with Gasteiger partial charge in [-0.1, -0.05) is 0 Å². The summed E-state index contributed by atoms with van der Waals surface area (Å²) in [6.45, 7) is 7.44. The smallest absolute Gasteiger partial charge is 0.480 e. The van der Waals surface area contributed by atoms with Gasteiger partial charge >= 0.3 is 11.8 Å². The second-order valence-corrected chi connectivity index (χ2v) is 6.15. The van der Waals surface area contributed by atoms with Gasteiger partial charge < -0.3 is 24.3 Å². The second kappa shape index (κ2) is 9.43. The third-order valence-electron chi connectivity index (χ3n) is 3.13. The lowest BCUT2D eigenvalue weighted by Gasteiger charge is -2.16. The van der Waals surface area contributed by atoms with Gasteiger partial charge in [-0.05, 0) is 20.4 Å². The minimum absolute atomic E-state index is 0.0432. The third-order valence-corrected chi connectivity index (χ3v) is 4.22. The Hall–Kier alpha value is -2.27. The molecule has 1 N–H and O–H groups in total. The Morgan fingerprint density at radius 3 is 2.88 bits per heavy atom. The molecule has 144 valence electrons. The van der Waals surface area contributed by atoms with E-state index < -0.39 is 29.3 Å². The molecule has 2 heterocycles. The molecule has 0 saturated carbocycles. The Balaban J connectivity index is 1.99. The summed E-state index contributed by atoms with van der Waals surface area (Å²) in [5.74, 6) is -0.584. The normalized spacial score (nSPS) is 19.0. The lowest BCUT2D eigenvalue weighted by Crippen LogP contribution is -2.30. The molecular weight excluding hydrogens is 369 g/mol. The molecule has 0 aromatic carbocycles. The zero-order chi connectivity index (χ0) is 19.1. The lowest BCUT2D eigenvalue weighted by molar-refractivity contribution is -0.0233. The van der Waals surface area contributed by atoms with Crippen LogP contribution in [0.3, 0.4) is 0 Å². The topological polar surface area (TPSA) is 101 Å². The number of nitrogens with one attached hydrogen (secondary N) is 1. The van der Waals surface area contributed by atoms with E-state index in [4.69, 9.17) is 14.2 Å². The first kappa shape index (κ1) is 20.0. The molecular formula is C15H20FN3O6S. The van der Waals surface area contributed by atoms with Crippen molar-refractivity contribution in [2.45, 2.75) is 25.5 Å². The second-order valence-electron chi connectivity index (χ2n) is 4.96. The van der Waals surface area contributed by atoms with Gasteiger partial charge in [-0.15, -0.1) is 11.8 Å². The monoisotopic (exact) mass is 389 g/mol. The van der Waals surface area contributed by atoms with Crippen molar-refractivity contribution in [3.05, 3.63) is 35.0 Å². The number of halogens is 1. The zero-order valence-electron chi connectivity index (χ0n) is 14.4. The van der Waals surface area contributed by atoms with Crippen molar-refractivity contribution in [3.8, 4) is 0 Å². The first-order chi connectivity index (χ1) is 12.4. The Morgan fingerprint density at radius 1 is 1.46 bits per heavy atom. The fourth-order valence-corrected chi connectivity index (χ4v) is 3.04. The van der Waals surface area contributed by atoms with Gasteiger partial charge in [-0.2, -0.15) is 4.98 Å². The van der Waals surface area contributed by atoms with Crippen molar-refractivity contribution in [3.63, 3.8) is 0 Å². The van der Waals surface area contributed by atoms with Crippen LogP contribution in [0.1, 0.15) is 20.1 Å². The fraction of sp³-hybridized carbons (Fsp3) is 0.533. The van der Waals surface area contributed by atoms with Crippen molar-refractivity contribution in [1.82, 2.24) is 9.55 Å². The summed E-state index contributed by atoms with van der Waals surface area (Å²) in [5.41, 5.74) is -1.19. The molecule has 1 fully saturated rings. The predicted octanol–water partition coefficient (Wildman–Crippen LogP) is 2.06. The minimum atomic E-state index is -0.796. The van der Waals surface area contributed by atoms with Gasteiger partial charge in [0.05, 0.1) is 19.4 Å². The number of rotatable bonds is 8. The summed E-state index contributed by atoms with van der Waals surface area (Å²) in [6.07, 6.45) is -0.527. The van der Waals surface area contributed by atoms with E-state index in [2.05, 4.69) is 21.6 Å². The Morgan fingerprint density at radius 2 is 2.19 bits per heavy atom. The average molecular weight is 389 g/mol. The van der Waals surface area contributed by atoms with E-state index in [0.717, 1.165) is 10.8 Å².